The predicted octanol–water partition coefficient (Wildman–Crippen LogP) is 3.71. The van der Waals surface area contributed by atoms with E-state index in [4.69, 9.17) is 4.74 Å². The number of fused-ring (bicyclic) bond motifs is 3. The van der Waals surface area contributed by atoms with E-state index < -0.39 is 0 Å². The maximum atomic E-state index is 13.6. The summed E-state index contributed by atoms with van der Waals surface area (Å²) in [5.41, 5.74) is 2.32. The first-order chi connectivity index (χ1) is 14.7. The number of carbonyl (C=O) groups is 1. The van der Waals surface area contributed by atoms with Crippen LogP contribution in [-0.4, -0.2) is 52.1 Å². The summed E-state index contributed by atoms with van der Waals surface area (Å²) in [6, 6.07) is 14.3. The Hall–Kier alpha value is -3.68. The van der Waals surface area contributed by atoms with Crippen LogP contribution in [0.1, 0.15) is 5.56 Å². The Labute approximate surface area is 172 Å². The van der Waals surface area contributed by atoms with Gasteiger partial charge in [-0.05, 0) is 23.8 Å². The highest BCUT2D eigenvalue weighted by Gasteiger charge is 2.25. The fourth-order valence-corrected chi connectivity index (χ4v) is 3.84. The molecule has 8 heteroatoms. The van der Waals surface area contributed by atoms with Crippen LogP contribution in [0.2, 0.25) is 0 Å². The van der Waals surface area contributed by atoms with Crippen molar-refractivity contribution in [2.75, 3.05) is 31.1 Å². The number of nitrogens with zero attached hydrogens (tertiary/aromatic N) is 4. The molecule has 152 valence electrons. The van der Waals surface area contributed by atoms with Gasteiger partial charge in [0.1, 0.15) is 30.2 Å². The summed E-state index contributed by atoms with van der Waals surface area (Å²) in [6.07, 6.45) is 1.19. The summed E-state index contributed by atoms with van der Waals surface area (Å²) < 4.78 is 19.0. The van der Waals surface area contributed by atoms with Crippen molar-refractivity contribution in [2.24, 2.45) is 0 Å². The van der Waals surface area contributed by atoms with Crippen LogP contribution in [0.15, 0.2) is 54.9 Å². The van der Waals surface area contributed by atoms with Gasteiger partial charge >= 0.3 is 6.09 Å². The van der Waals surface area contributed by atoms with Crippen molar-refractivity contribution in [3.05, 3.63) is 66.2 Å². The number of carbonyl (C=O) groups excluding carboxylic acids is 1. The standard InChI is InChI=1S/C22H20FN5O2/c23-16-6-7-17-18(12-16)26-20-19(17)21(25-14-24-20)27-8-10-28(11-9-27)22(29)30-13-15-4-2-1-3-5-15/h1-7,12,14H,8-11,13H2,(H,24,25,26). The van der Waals surface area contributed by atoms with Gasteiger partial charge < -0.3 is 19.5 Å². The van der Waals surface area contributed by atoms with Crippen molar-refractivity contribution in [1.29, 1.82) is 0 Å². The Morgan fingerprint density at radius 1 is 1.07 bits per heavy atom. The lowest BCUT2D eigenvalue weighted by atomic mass is 10.2. The first-order valence-corrected chi connectivity index (χ1v) is 9.81. The average molecular weight is 405 g/mol. The second-order valence-corrected chi connectivity index (χ2v) is 7.25. The largest absolute Gasteiger partial charge is 0.445 e. The minimum Gasteiger partial charge on any atom is -0.445 e. The Morgan fingerprint density at radius 2 is 1.87 bits per heavy atom. The van der Waals surface area contributed by atoms with E-state index >= 15 is 0 Å². The van der Waals surface area contributed by atoms with Crippen molar-refractivity contribution >= 4 is 33.8 Å². The molecule has 1 fully saturated rings. The molecule has 3 heterocycles. The first-order valence-electron chi connectivity index (χ1n) is 9.81. The molecule has 0 bridgehead atoms. The number of halogens is 1. The number of rotatable bonds is 3. The second-order valence-electron chi connectivity index (χ2n) is 7.25. The molecule has 1 aliphatic rings. The fourth-order valence-electron chi connectivity index (χ4n) is 3.84. The van der Waals surface area contributed by atoms with E-state index in [9.17, 15) is 9.18 Å². The number of nitrogens with one attached hydrogen (secondary N) is 1. The molecule has 4 aromatic rings. The van der Waals surface area contributed by atoms with E-state index in [0.29, 0.717) is 37.3 Å². The number of aromatic amines is 1. The van der Waals surface area contributed by atoms with Gasteiger partial charge in [0.15, 0.2) is 0 Å². The molecule has 1 amide bonds. The van der Waals surface area contributed by atoms with Gasteiger partial charge in [0.2, 0.25) is 0 Å². The van der Waals surface area contributed by atoms with Gasteiger partial charge in [0.25, 0.3) is 0 Å². The Balaban J connectivity index is 1.30. The second kappa shape index (κ2) is 7.62. The van der Waals surface area contributed by atoms with E-state index in [0.717, 1.165) is 22.2 Å². The third-order valence-electron chi connectivity index (χ3n) is 5.37. The van der Waals surface area contributed by atoms with Gasteiger partial charge in [-0.15, -0.1) is 0 Å². The summed E-state index contributed by atoms with van der Waals surface area (Å²) in [4.78, 5) is 28.2. The van der Waals surface area contributed by atoms with Crippen LogP contribution in [0, 0.1) is 5.82 Å². The molecule has 0 atom stereocenters. The number of hydrogen-bond donors (Lipinski definition) is 1. The van der Waals surface area contributed by atoms with Gasteiger partial charge in [0, 0.05) is 31.6 Å². The number of aromatic nitrogens is 3. The molecule has 1 N–H and O–H groups in total. The van der Waals surface area contributed by atoms with Crippen molar-refractivity contribution < 1.29 is 13.9 Å². The molecule has 0 saturated carbocycles. The minimum atomic E-state index is -0.311. The number of ether oxygens (including phenoxy) is 1. The number of hydrogen-bond acceptors (Lipinski definition) is 5. The lowest BCUT2D eigenvalue weighted by Gasteiger charge is -2.35. The highest BCUT2D eigenvalue weighted by molar-refractivity contribution is 6.11. The number of amides is 1. The fraction of sp³-hybridized carbons (Fsp3) is 0.227. The molecule has 2 aromatic carbocycles. The van der Waals surface area contributed by atoms with E-state index in [1.165, 1.54) is 18.5 Å². The highest BCUT2D eigenvalue weighted by Crippen LogP contribution is 2.31. The van der Waals surface area contributed by atoms with Crippen molar-refractivity contribution in [3.8, 4) is 0 Å². The van der Waals surface area contributed by atoms with Crippen LogP contribution in [-0.2, 0) is 11.3 Å². The monoisotopic (exact) mass is 405 g/mol. The third-order valence-corrected chi connectivity index (χ3v) is 5.37. The number of anilines is 1. The van der Waals surface area contributed by atoms with Crippen LogP contribution in [0.25, 0.3) is 21.9 Å². The van der Waals surface area contributed by atoms with Gasteiger partial charge in [-0.25, -0.2) is 19.2 Å². The molecule has 0 unspecified atom stereocenters. The van der Waals surface area contributed by atoms with E-state index in [2.05, 4.69) is 19.9 Å². The first kappa shape index (κ1) is 18.4. The molecular formula is C22H20FN5O2. The number of piperazine rings is 1. The Kier molecular flexibility index (Phi) is 4.66. The van der Waals surface area contributed by atoms with Crippen LogP contribution in [0.3, 0.4) is 0 Å². The summed E-state index contributed by atoms with van der Waals surface area (Å²) in [5.74, 6) is 0.487. The average Bonchev–Trinajstić information content (AvgIpc) is 3.16. The summed E-state index contributed by atoms with van der Waals surface area (Å²) in [7, 11) is 0. The zero-order chi connectivity index (χ0) is 20.5. The predicted molar refractivity (Wildman–Crippen MR) is 112 cm³/mol. The molecule has 2 aromatic heterocycles. The molecule has 0 radical (unpaired) electrons. The summed E-state index contributed by atoms with van der Waals surface area (Å²) in [6.45, 7) is 2.59. The maximum Gasteiger partial charge on any atom is 0.410 e. The highest BCUT2D eigenvalue weighted by atomic mass is 19.1. The van der Waals surface area contributed by atoms with Gasteiger partial charge in [0.05, 0.1) is 10.9 Å². The molecule has 5 rings (SSSR count). The lowest BCUT2D eigenvalue weighted by molar-refractivity contribution is 0.0941. The lowest BCUT2D eigenvalue weighted by Crippen LogP contribution is -2.49. The summed E-state index contributed by atoms with van der Waals surface area (Å²) in [5, 5.41) is 1.75. The molecule has 30 heavy (non-hydrogen) atoms. The number of H-pyrrole nitrogens is 1. The minimum absolute atomic E-state index is 0.262. The molecule has 7 nitrogen and oxygen atoms in total. The molecule has 0 spiro atoms. The molecule has 0 aliphatic carbocycles. The van der Waals surface area contributed by atoms with Gasteiger partial charge in [-0.1, -0.05) is 30.3 Å². The SMILES string of the molecule is O=C(OCc1ccccc1)N1CCN(c2ncnc3[nH]c4cc(F)ccc4c23)CC1. The van der Waals surface area contributed by atoms with Gasteiger partial charge in [-0.2, -0.15) is 0 Å². The topological polar surface area (TPSA) is 74.3 Å². The quantitative estimate of drug-likeness (QED) is 0.563. The maximum absolute atomic E-state index is 13.6. The Morgan fingerprint density at radius 3 is 2.67 bits per heavy atom. The summed E-state index contributed by atoms with van der Waals surface area (Å²) >= 11 is 0. The van der Waals surface area contributed by atoms with Crippen LogP contribution >= 0.6 is 0 Å². The smallest absolute Gasteiger partial charge is 0.410 e. The number of benzene rings is 2. The van der Waals surface area contributed by atoms with Crippen molar-refractivity contribution in [2.45, 2.75) is 6.61 Å². The zero-order valence-electron chi connectivity index (χ0n) is 16.2. The molecule has 1 aliphatic heterocycles. The normalized spacial score (nSPS) is 14.4. The van der Waals surface area contributed by atoms with Gasteiger partial charge in [-0.3, -0.25) is 0 Å². The molecular weight excluding hydrogens is 385 g/mol. The molecule has 1 saturated heterocycles. The van der Waals surface area contributed by atoms with Crippen molar-refractivity contribution in [3.63, 3.8) is 0 Å². The van der Waals surface area contributed by atoms with E-state index in [1.807, 2.05) is 30.3 Å². The van der Waals surface area contributed by atoms with Crippen LogP contribution in [0.5, 0.6) is 0 Å². The van der Waals surface area contributed by atoms with Crippen LogP contribution in [0.4, 0.5) is 15.0 Å². The zero-order valence-corrected chi connectivity index (χ0v) is 16.2. The van der Waals surface area contributed by atoms with Crippen LogP contribution < -0.4 is 4.90 Å². The van der Waals surface area contributed by atoms with Crippen molar-refractivity contribution in [1.82, 2.24) is 19.9 Å². The Bertz CT molecular complexity index is 1200. The third kappa shape index (κ3) is 3.41. The van der Waals surface area contributed by atoms with E-state index in [1.54, 1.807) is 11.0 Å². The van der Waals surface area contributed by atoms with E-state index in [-0.39, 0.29) is 18.5 Å².